The monoisotopic (exact) mass is 185 g/mol. The van der Waals surface area contributed by atoms with Crippen molar-refractivity contribution in [3.8, 4) is 5.75 Å². The van der Waals surface area contributed by atoms with Gasteiger partial charge in [0.25, 0.3) is 0 Å². The second kappa shape index (κ2) is 3.50. The van der Waals surface area contributed by atoms with Crippen molar-refractivity contribution in [3.05, 3.63) is 49.4 Å². The van der Waals surface area contributed by atoms with E-state index in [-0.39, 0.29) is 0 Å². The van der Waals surface area contributed by atoms with Crippen LogP contribution in [0.3, 0.4) is 0 Å². The molecule has 0 saturated carbocycles. The smallest absolute Gasteiger partial charge is 0.311 e. The zero-order valence-electron chi connectivity index (χ0n) is 7.57. The second-order valence-electron chi connectivity index (χ2n) is 2.95. The number of fused-ring (bicyclic) bond motifs is 1. The van der Waals surface area contributed by atoms with E-state index < -0.39 is 5.97 Å². The van der Waals surface area contributed by atoms with Crippen LogP contribution in [-0.4, -0.2) is 5.97 Å². The zero-order valence-corrected chi connectivity index (χ0v) is 7.57. The molecule has 0 spiro atoms. The van der Waals surface area contributed by atoms with Crippen LogP contribution in [0.15, 0.2) is 42.5 Å². The van der Waals surface area contributed by atoms with Crippen molar-refractivity contribution in [2.75, 3.05) is 0 Å². The number of carbonyl (C=O) groups is 1. The molecule has 0 atom stereocenters. The largest absolute Gasteiger partial charge is 0.426 e. The average Bonchev–Trinajstić information content (AvgIpc) is 2.18. The van der Waals surface area contributed by atoms with Gasteiger partial charge in [0.1, 0.15) is 5.75 Å². The van der Waals surface area contributed by atoms with Crippen molar-refractivity contribution in [2.24, 2.45) is 0 Å². The number of rotatable bonds is 1. The molecular weight excluding hydrogens is 176 g/mol. The molecule has 0 unspecified atom stereocenters. The quantitative estimate of drug-likeness (QED) is 0.504. The molecule has 2 heteroatoms. The Morgan fingerprint density at radius 3 is 2.57 bits per heavy atom. The highest BCUT2D eigenvalue weighted by Gasteiger charge is 2.02. The van der Waals surface area contributed by atoms with Gasteiger partial charge in [0, 0.05) is 5.39 Å². The summed E-state index contributed by atoms with van der Waals surface area (Å²) in [6.07, 6.45) is 0. The summed E-state index contributed by atoms with van der Waals surface area (Å²) in [7, 11) is 0. The van der Waals surface area contributed by atoms with Crippen LogP contribution in [-0.2, 0) is 4.79 Å². The predicted molar refractivity (Wildman–Crippen MR) is 54.9 cm³/mol. The maximum absolute atomic E-state index is 10.7. The minimum absolute atomic E-state index is 0.540. The molecule has 14 heavy (non-hydrogen) atoms. The van der Waals surface area contributed by atoms with E-state index in [0.717, 1.165) is 10.8 Å². The molecule has 0 N–H and O–H groups in total. The third-order valence-electron chi connectivity index (χ3n) is 1.97. The summed E-state index contributed by atoms with van der Waals surface area (Å²) in [4.78, 5) is 10.7. The lowest BCUT2D eigenvalue weighted by molar-refractivity contribution is -0.129. The first-order valence-corrected chi connectivity index (χ1v) is 4.29. The normalized spacial score (nSPS) is 10.1. The highest BCUT2D eigenvalue weighted by Crippen LogP contribution is 2.24. The minimum Gasteiger partial charge on any atom is -0.426 e. The Labute approximate surface area is 82.1 Å². The van der Waals surface area contributed by atoms with Crippen molar-refractivity contribution in [3.63, 3.8) is 0 Å². The third-order valence-corrected chi connectivity index (χ3v) is 1.97. The summed E-state index contributed by atoms with van der Waals surface area (Å²) >= 11 is 0. The van der Waals surface area contributed by atoms with E-state index in [1.54, 1.807) is 6.07 Å². The molecule has 1 radical (unpaired) electrons. The van der Waals surface area contributed by atoms with Crippen molar-refractivity contribution < 1.29 is 9.53 Å². The summed E-state index contributed by atoms with van der Waals surface area (Å²) in [6, 6.07) is 13.3. The van der Waals surface area contributed by atoms with Crippen LogP contribution in [0, 0.1) is 6.92 Å². The van der Waals surface area contributed by atoms with Gasteiger partial charge in [0.2, 0.25) is 0 Å². The average molecular weight is 185 g/mol. The maximum Gasteiger partial charge on any atom is 0.311 e. The molecule has 2 nitrogen and oxygen atoms in total. The molecule has 0 saturated heterocycles. The highest BCUT2D eigenvalue weighted by molar-refractivity contribution is 5.90. The molecule has 0 aliphatic rings. The molecule has 2 rings (SSSR count). The van der Waals surface area contributed by atoms with Gasteiger partial charge in [-0.25, -0.2) is 0 Å². The Morgan fingerprint density at radius 1 is 1.07 bits per heavy atom. The summed E-state index contributed by atoms with van der Waals surface area (Å²) in [5, 5.41) is 1.97. The van der Waals surface area contributed by atoms with Crippen LogP contribution in [0.2, 0.25) is 0 Å². The fraction of sp³-hybridized carbons (Fsp3) is 0. The van der Waals surface area contributed by atoms with Gasteiger partial charge in [-0.3, -0.25) is 4.79 Å². The number of hydrogen-bond donors (Lipinski definition) is 0. The molecule has 0 bridgehead atoms. The minimum atomic E-state index is -0.540. The van der Waals surface area contributed by atoms with Crippen molar-refractivity contribution in [1.29, 1.82) is 0 Å². The lowest BCUT2D eigenvalue weighted by Gasteiger charge is -2.04. The Hall–Kier alpha value is -1.83. The highest BCUT2D eigenvalue weighted by atomic mass is 16.5. The molecule has 0 fully saturated rings. The number of ether oxygens (including phenoxy) is 1. The van der Waals surface area contributed by atoms with Gasteiger partial charge in [-0.2, -0.15) is 0 Å². The van der Waals surface area contributed by atoms with Gasteiger partial charge < -0.3 is 4.74 Å². The van der Waals surface area contributed by atoms with E-state index in [1.165, 1.54) is 0 Å². The van der Waals surface area contributed by atoms with Gasteiger partial charge in [-0.15, -0.1) is 0 Å². The Kier molecular flexibility index (Phi) is 2.19. The molecule has 0 aromatic heterocycles. The molecule has 2 aromatic rings. The van der Waals surface area contributed by atoms with Crippen LogP contribution in [0.4, 0.5) is 0 Å². The number of esters is 1. The first kappa shape index (κ1) is 8.75. The lowest BCUT2D eigenvalue weighted by Crippen LogP contribution is -2.01. The van der Waals surface area contributed by atoms with Gasteiger partial charge in [-0.1, -0.05) is 36.4 Å². The molecule has 0 heterocycles. The number of benzene rings is 2. The van der Waals surface area contributed by atoms with Gasteiger partial charge >= 0.3 is 5.97 Å². The van der Waals surface area contributed by atoms with E-state index in [1.807, 2.05) is 36.4 Å². The van der Waals surface area contributed by atoms with Crippen LogP contribution in [0.5, 0.6) is 5.75 Å². The molecule has 69 valence electrons. The first-order chi connectivity index (χ1) is 6.77. The summed E-state index contributed by atoms with van der Waals surface area (Å²) in [6.45, 7) is 3.18. The first-order valence-electron chi connectivity index (χ1n) is 4.29. The Morgan fingerprint density at radius 2 is 1.79 bits per heavy atom. The second-order valence-corrected chi connectivity index (χ2v) is 2.95. The molecule has 0 aliphatic carbocycles. The molecule has 2 aromatic carbocycles. The summed E-state index contributed by atoms with van der Waals surface area (Å²) < 4.78 is 4.98. The SMILES string of the molecule is [CH2]C(=O)Oc1cccc2ccccc12. The van der Waals surface area contributed by atoms with E-state index in [2.05, 4.69) is 6.92 Å². The van der Waals surface area contributed by atoms with Gasteiger partial charge in [-0.05, 0) is 11.5 Å². The molecular formula is C12H9O2. The van der Waals surface area contributed by atoms with Crippen LogP contribution < -0.4 is 4.74 Å². The van der Waals surface area contributed by atoms with Crippen molar-refractivity contribution in [2.45, 2.75) is 0 Å². The van der Waals surface area contributed by atoms with E-state index >= 15 is 0 Å². The van der Waals surface area contributed by atoms with Crippen molar-refractivity contribution in [1.82, 2.24) is 0 Å². The topological polar surface area (TPSA) is 26.3 Å². The molecule has 0 aliphatic heterocycles. The lowest BCUT2D eigenvalue weighted by atomic mass is 10.1. The fourth-order valence-electron chi connectivity index (χ4n) is 1.41. The Bertz CT molecular complexity index is 469. The number of carbonyl (C=O) groups excluding carboxylic acids is 1. The third kappa shape index (κ3) is 1.59. The van der Waals surface area contributed by atoms with Gasteiger partial charge in [0.15, 0.2) is 0 Å². The van der Waals surface area contributed by atoms with E-state index in [0.29, 0.717) is 5.75 Å². The zero-order chi connectivity index (χ0) is 9.97. The summed E-state index contributed by atoms with van der Waals surface area (Å²) in [5.41, 5.74) is 0. The standard InChI is InChI=1S/C12H9O2/c1-9(13)14-12-8-4-6-10-5-2-3-7-11(10)12/h2-8H,1H2. The van der Waals surface area contributed by atoms with Crippen molar-refractivity contribution >= 4 is 16.7 Å². The maximum atomic E-state index is 10.7. The van der Waals surface area contributed by atoms with Crippen LogP contribution in [0.25, 0.3) is 10.8 Å². The Balaban J connectivity index is 2.59. The predicted octanol–water partition coefficient (Wildman–Crippen LogP) is 2.58. The van der Waals surface area contributed by atoms with E-state index in [9.17, 15) is 4.79 Å². The summed E-state index contributed by atoms with van der Waals surface area (Å²) in [5.74, 6) is 0.0180. The molecule has 0 amide bonds. The van der Waals surface area contributed by atoms with E-state index in [4.69, 9.17) is 4.74 Å². The van der Waals surface area contributed by atoms with Crippen LogP contribution >= 0.6 is 0 Å². The number of hydrogen-bond acceptors (Lipinski definition) is 2. The fourth-order valence-corrected chi connectivity index (χ4v) is 1.41. The van der Waals surface area contributed by atoms with Gasteiger partial charge in [0.05, 0.1) is 6.92 Å². The van der Waals surface area contributed by atoms with Crippen LogP contribution in [0.1, 0.15) is 0 Å².